The first-order chi connectivity index (χ1) is 16.7. The summed E-state index contributed by atoms with van der Waals surface area (Å²) in [5.74, 6) is 0. The molecule has 0 aliphatic heterocycles. The highest BCUT2D eigenvalue weighted by Crippen LogP contribution is 2.43. The molecule has 0 bridgehead atoms. The molecule has 0 saturated carbocycles. The fourth-order valence-electron chi connectivity index (χ4n) is 4.41. The Kier molecular flexibility index (Phi) is 10.3. The highest BCUT2D eigenvalue weighted by atomic mass is 79.9. The van der Waals surface area contributed by atoms with Crippen LogP contribution in [0.4, 0.5) is 0 Å². The van der Waals surface area contributed by atoms with Crippen molar-refractivity contribution in [3.05, 3.63) is 67.6 Å². The summed E-state index contributed by atoms with van der Waals surface area (Å²) in [6.45, 7) is 2.28. The number of halogens is 1. The van der Waals surface area contributed by atoms with E-state index in [1.54, 1.807) is 34.0 Å². The third-order valence-corrected chi connectivity index (χ3v) is 10.7. The summed E-state index contributed by atoms with van der Waals surface area (Å²) in [7, 11) is 0. The van der Waals surface area contributed by atoms with Crippen LogP contribution in [0.15, 0.2) is 52.3 Å². The van der Waals surface area contributed by atoms with E-state index in [-0.39, 0.29) is 0 Å². The Hall–Kier alpha value is -0.980. The topological polar surface area (TPSA) is 20.2 Å². The fourth-order valence-corrected chi connectivity index (χ4v) is 8.51. The van der Waals surface area contributed by atoms with Gasteiger partial charge in [-0.2, -0.15) is 0 Å². The van der Waals surface area contributed by atoms with Gasteiger partial charge in [0.2, 0.25) is 0 Å². The standard InChI is InChI=1S/C29H35BrOS3/c1-2-3-4-5-6-7-8-9-10-11-12-21-13-15-22(16-14-21)25-19-23(30)29(34-25)28(31)27-20-26-24(33-27)17-18-32-26/h13-20,28,31H,2-12H2,1H3. The first-order valence-electron chi connectivity index (χ1n) is 12.7. The van der Waals surface area contributed by atoms with Crippen molar-refractivity contribution in [1.29, 1.82) is 0 Å². The molecule has 1 unspecified atom stereocenters. The smallest absolute Gasteiger partial charge is 0.124 e. The van der Waals surface area contributed by atoms with E-state index >= 15 is 0 Å². The molecule has 1 aromatic carbocycles. The van der Waals surface area contributed by atoms with E-state index in [1.165, 1.54) is 96.0 Å². The van der Waals surface area contributed by atoms with Crippen molar-refractivity contribution in [2.45, 2.75) is 83.7 Å². The summed E-state index contributed by atoms with van der Waals surface area (Å²) in [4.78, 5) is 3.20. The molecule has 34 heavy (non-hydrogen) atoms. The van der Waals surface area contributed by atoms with Crippen LogP contribution in [0.5, 0.6) is 0 Å². The number of hydrogen-bond acceptors (Lipinski definition) is 4. The largest absolute Gasteiger partial charge is 0.382 e. The molecule has 0 aliphatic carbocycles. The highest BCUT2D eigenvalue weighted by molar-refractivity contribution is 9.10. The van der Waals surface area contributed by atoms with Gasteiger partial charge in [-0.3, -0.25) is 0 Å². The zero-order valence-corrected chi connectivity index (χ0v) is 24.1. The number of thiophene rings is 3. The molecule has 182 valence electrons. The minimum absolute atomic E-state index is 0.576. The molecule has 5 heteroatoms. The summed E-state index contributed by atoms with van der Waals surface area (Å²) in [5.41, 5.74) is 2.65. The van der Waals surface area contributed by atoms with Gasteiger partial charge in [0.1, 0.15) is 6.10 Å². The van der Waals surface area contributed by atoms with Crippen LogP contribution in [0.25, 0.3) is 19.8 Å². The lowest BCUT2D eigenvalue weighted by molar-refractivity contribution is 0.227. The molecule has 1 nitrogen and oxygen atoms in total. The average molecular weight is 576 g/mol. The molecule has 4 rings (SSSR count). The summed E-state index contributed by atoms with van der Waals surface area (Å²) >= 11 is 8.80. The Morgan fingerprint density at radius 3 is 2.15 bits per heavy atom. The van der Waals surface area contributed by atoms with E-state index in [9.17, 15) is 5.11 Å². The second-order valence-corrected chi connectivity index (χ2v) is 13.2. The Labute approximate surface area is 225 Å². The predicted molar refractivity (Wildman–Crippen MR) is 157 cm³/mol. The molecular formula is C29H35BrOS3. The van der Waals surface area contributed by atoms with Crippen molar-refractivity contribution in [3.8, 4) is 10.4 Å². The monoisotopic (exact) mass is 574 g/mol. The quantitative estimate of drug-likeness (QED) is 0.148. The molecule has 0 spiro atoms. The molecule has 4 aromatic rings. The maximum atomic E-state index is 11.0. The second kappa shape index (κ2) is 13.4. The van der Waals surface area contributed by atoms with Crippen molar-refractivity contribution >= 4 is 59.3 Å². The van der Waals surface area contributed by atoms with Gasteiger partial charge in [-0.1, -0.05) is 89.0 Å². The van der Waals surface area contributed by atoms with Crippen molar-refractivity contribution in [3.63, 3.8) is 0 Å². The predicted octanol–water partition coefficient (Wildman–Crippen LogP) is 11.0. The van der Waals surface area contributed by atoms with Crippen molar-refractivity contribution in [2.24, 2.45) is 0 Å². The van der Waals surface area contributed by atoms with Gasteiger partial charge in [0, 0.05) is 23.6 Å². The van der Waals surface area contributed by atoms with Crippen LogP contribution in [0.2, 0.25) is 0 Å². The van der Waals surface area contributed by atoms with Crippen LogP contribution < -0.4 is 0 Å². The lowest BCUT2D eigenvalue weighted by atomic mass is 10.0. The third kappa shape index (κ3) is 7.04. The maximum absolute atomic E-state index is 11.0. The minimum atomic E-state index is -0.576. The number of aliphatic hydroxyl groups excluding tert-OH is 1. The number of unbranched alkanes of at least 4 members (excludes halogenated alkanes) is 9. The van der Waals surface area contributed by atoms with Crippen LogP contribution in [0, 0.1) is 0 Å². The number of hydrogen-bond donors (Lipinski definition) is 1. The normalized spacial score (nSPS) is 12.6. The van der Waals surface area contributed by atoms with Crippen molar-refractivity contribution < 1.29 is 5.11 Å². The number of aryl methyl sites for hydroxylation is 1. The lowest BCUT2D eigenvalue weighted by Crippen LogP contribution is -1.93. The molecule has 1 N–H and O–H groups in total. The number of rotatable bonds is 14. The van der Waals surface area contributed by atoms with Gasteiger partial charge in [0.25, 0.3) is 0 Å². The van der Waals surface area contributed by atoms with Crippen molar-refractivity contribution in [2.75, 3.05) is 0 Å². The zero-order chi connectivity index (χ0) is 23.8. The third-order valence-electron chi connectivity index (χ3n) is 6.45. The Balaban J connectivity index is 1.24. The van der Waals surface area contributed by atoms with Crippen LogP contribution in [0.1, 0.15) is 92.6 Å². The molecule has 0 fully saturated rings. The van der Waals surface area contributed by atoms with Gasteiger partial charge in [0.15, 0.2) is 0 Å². The van der Waals surface area contributed by atoms with Gasteiger partial charge >= 0.3 is 0 Å². The van der Waals surface area contributed by atoms with E-state index in [1.807, 2.05) is 0 Å². The van der Waals surface area contributed by atoms with Crippen molar-refractivity contribution in [1.82, 2.24) is 0 Å². The molecular weight excluding hydrogens is 540 g/mol. The first-order valence-corrected chi connectivity index (χ1v) is 16.0. The van der Waals surface area contributed by atoms with Gasteiger partial charge in [-0.25, -0.2) is 0 Å². The van der Waals surface area contributed by atoms with Crippen LogP contribution in [0.3, 0.4) is 0 Å². The SMILES string of the molecule is CCCCCCCCCCCCc1ccc(-c2cc(Br)c(C(O)c3cc4sccc4s3)s2)cc1. The molecule has 0 saturated heterocycles. The zero-order valence-electron chi connectivity index (χ0n) is 20.0. The molecule has 0 aliphatic rings. The Morgan fingerprint density at radius 1 is 0.794 bits per heavy atom. The van der Waals surface area contributed by atoms with Gasteiger partial charge in [-0.05, 0) is 63.5 Å². The number of benzene rings is 1. The Bertz CT molecular complexity index is 1110. The summed E-state index contributed by atoms with van der Waals surface area (Å²) < 4.78 is 3.50. The summed E-state index contributed by atoms with van der Waals surface area (Å²) in [5, 5.41) is 13.1. The van der Waals surface area contributed by atoms with Gasteiger partial charge in [-0.15, -0.1) is 34.0 Å². The maximum Gasteiger partial charge on any atom is 0.124 e. The van der Waals surface area contributed by atoms with E-state index < -0.39 is 6.10 Å². The van der Waals surface area contributed by atoms with E-state index in [0.717, 1.165) is 14.2 Å². The second-order valence-electron chi connectivity index (χ2n) is 9.15. The van der Waals surface area contributed by atoms with E-state index in [2.05, 4.69) is 70.7 Å². The van der Waals surface area contributed by atoms with Crippen LogP contribution in [-0.2, 0) is 6.42 Å². The lowest BCUT2D eigenvalue weighted by Gasteiger charge is -2.06. The van der Waals surface area contributed by atoms with Crippen LogP contribution in [-0.4, -0.2) is 5.11 Å². The number of fused-ring (bicyclic) bond motifs is 1. The summed E-state index contributed by atoms with van der Waals surface area (Å²) in [6, 6.07) is 15.4. The van der Waals surface area contributed by atoms with Crippen LogP contribution >= 0.6 is 49.9 Å². The van der Waals surface area contributed by atoms with Gasteiger partial charge < -0.3 is 5.11 Å². The minimum Gasteiger partial charge on any atom is -0.382 e. The molecule has 0 radical (unpaired) electrons. The first kappa shape index (κ1) is 26.1. The van der Waals surface area contributed by atoms with E-state index in [0.29, 0.717) is 0 Å². The Morgan fingerprint density at radius 2 is 1.47 bits per heavy atom. The molecule has 0 amide bonds. The van der Waals surface area contributed by atoms with E-state index in [4.69, 9.17) is 0 Å². The highest BCUT2D eigenvalue weighted by Gasteiger charge is 2.20. The average Bonchev–Trinajstić information content (AvgIpc) is 3.55. The molecule has 3 heterocycles. The molecule has 3 aromatic heterocycles. The summed E-state index contributed by atoms with van der Waals surface area (Å²) in [6.07, 6.45) is 14.4. The fraction of sp³-hybridized carbons (Fsp3) is 0.448. The number of aliphatic hydroxyl groups is 1. The van der Waals surface area contributed by atoms with Gasteiger partial charge in [0.05, 0.1) is 4.88 Å². The molecule has 1 atom stereocenters.